The number of anilines is 2. The van der Waals surface area contributed by atoms with Crippen LogP contribution in [0, 0.1) is 6.92 Å². The van der Waals surface area contributed by atoms with Crippen molar-refractivity contribution in [2.24, 2.45) is 0 Å². The second kappa shape index (κ2) is 8.62. The summed E-state index contributed by atoms with van der Waals surface area (Å²) in [5, 5.41) is 7.89. The van der Waals surface area contributed by atoms with Gasteiger partial charge in [0.05, 0.1) is 32.7 Å². The van der Waals surface area contributed by atoms with Crippen LogP contribution in [0.15, 0.2) is 41.8 Å². The number of aryl methyl sites for hydroxylation is 1. The van der Waals surface area contributed by atoms with E-state index < -0.39 is 6.03 Å². The summed E-state index contributed by atoms with van der Waals surface area (Å²) in [6, 6.07) is 11.0. The molecule has 0 atom stereocenters. The number of urea groups is 1. The van der Waals surface area contributed by atoms with Gasteiger partial charge in [-0.3, -0.25) is 5.32 Å². The summed E-state index contributed by atoms with van der Waals surface area (Å²) in [7, 11) is 4.56. The largest absolute Gasteiger partial charge is 0.493 e. The summed E-state index contributed by atoms with van der Waals surface area (Å²) in [6.45, 7) is 2.03. The molecule has 3 aromatic rings. The van der Waals surface area contributed by atoms with Crippen LogP contribution in [0.4, 0.5) is 15.6 Å². The van der Waals surface area contributed by atoms with Crippen molar-refractivity contribution in [3.8, 4) is 28.5 Å². The summed E-state index contributed by atoms with van der Waals surface area (Å²) in [5.41, 5.74) is 3.50. The minimum atomic E-state index is -0.418. The SMILES string of the molecule is COc1cc(NC(=O)Nc2nc(-c3ccc(C)cc3)cs2)cc(OC)c1OC. The van der Waals surface area contributed by atoms with Gasteiger partial charge in [0.15, 0.2) is 16.6 Å². The molecular weight excluding hydrogens is 378 g/mol. The first-order chi connectivity index (χ1) is 13.5. The number of nitrogens with one attached hydrogen (secondary N) is 2. The zero-order valence-electron chi connectivity index (χ0n) is 16.0. The van der Waals surface area contributed by atoms with Gasteiger partial charge in [-0.15, -0.1) is 11.3 Å². The van der Waals surface area contributed by atoms with E-state index in [1.54, 1.807) is 12.1 Å². The molecule has 28 heavy (non-hydrogen) atoms. The number of carbonyl (C=O) groups is 1. The number of aromatic nitrogens is 1. The number of hydrogen-bond donors (Lipinski definition) is 2. The molecule has 0 saturated carbocycles. The highest BCUT2D eigenvalue weighted by atomic mass is 32.1. The van der Waals surface area contributed by atoms with Crippen molar-refractivity contribution in [3.05, 3.63) is 47.3 Å². The van der Waals surface area contributed by atoms with E-state index in [0.717, 1.165) is 11.3 Å². The van der Waals surface area contributed by atoms with Gasteiger partial charge < -0.3 is 19.5 Å². The Morgan fingerprint density at radius 1 is 0.964 bits per heavy atom. The molecule has 0 aliphatic rings. The molecule has 0 unspecified atom stereocenters. The molecular formula is C20H21N3O4S. The number of amides is 2. The van der Waals surface area contributed by atoms with Crippen LogP contribution in [0.3, 0.4) is 0 Å². The van der Waals surface area contributed by atoms with E-state index in [2.05, 4.69) is 15.6 Å². The van der Waals surface area contributed by atoms with Gasteiger partial charge in [-0.25, -0.2) is 9.78 Å². The van der Waals surface area contributed by atoms with Crippen LogP contribution in [-0.4, -0.2) is 32.3 Å². The average Bonchev–Trinajstić information content (AvgIpc) is 3.15. The molecule has 0 saturated heterocycles. The Morgan fingerprint density at radius 3 is 2.18 bits per heavy atom. The number of benzene rings is 2. The lowest BCUT2D eigenvalue weighted by Crippen LogP contribution is -2.19. The molecule has 0 aliphatic carbocycles. The highest BCUT2D eigenvalue weighted by Crippen LogP contribution is 2.40. The fourth-order valence-corrected chi connectivity index (χ4v) is 3.32. The lowest BCUT2D eigenvalue weighted by atomic mass is 10.1. The second-order valence-electron chi connectivity index (χ2n) is 5.90. The normalized spacial score (nSPS) is 10.3. The van der Waals surface area contributed by atoms with Crippen LogP contribution in [0.2, 0.25) is 0 Å². The molecule has 2 aromatic carbocycles. The molecule has 8 heteroatoms. The lowest BCUT2D eigenvalue weighted by molar-refractivity contribution is 0.262. The molecule has 0 radical (unpaired) electrons. The van der Waals surface area contributed by atoms with Crippen molar-refractivity contribution < 1.29 is 19.0 Å². The van der Waals surface area contributed by atoms with Crippen LogP contribution in [0.1, 0.15) is 5.56 Å². The van der Waals surface area contributed by atoms with Crippen molar-refractivity contribution in [2.45, 2.75) is 6.92 Å². The monoisotopic (exact) mass is 399 g/mol. The smallest absolute Gasteiger partial charge is 0.325 e. The maximum atomic E-state index is 12.4. The zero-order chi connectivity index (χ0) is 20.1. The summed E-state index contributed by atoms with van der Waals surface area (Å²) >= 11 is 1.36. The average molecular weight is 399 g/mol. The van der Waals surface area contributed by atoms with E-state index in [1.165, 1.54) is 38.2 Å². The van der Waals surface area contributed by atoms with Crippen LogP contribution in [-0.2, 0) is 0 Å². The Morgan fingerprint density at radius 2 is 1.61 bits per heavy atom. The van der Waals surface area contributed by atoms with Gasteiger partial charge in [0.1, 0.15) is 0 Å². The van der Waals surface area contributed by atoms with E-state index in [0.29, 0.717) is 28.1 Å². The van der Waals surface area contributed by atoms with Crippen LogP contribution in [0.25, 0.3) is 11.3 Å². The highest BCUT2D eigenvalue weighted by molar-refractivity contribution is 7.14. The lowest BCUT2D eigenvalue weighted by Gasteiger charge is -2.14. The zero-order valence-corrected chi connectivity index (χ0v) is 16.8. The molecule has 3 rings (SSSR count). The van der Waals surface area contributed by atoms with Crippen molar-refractivity contribution >= 4 is 28.2 Å². The number of hydrogen-bond acceptors (Lipinski definition) is 6. The Kier molecular flexibility index (Phi) is 6.00. The minimum absolute atomic E-state index is 0.418. The Labute approximate surface area is 167 Å². The number of ether oxygens (including phenoxy) is 3. The van der Waals surface area contributed by atoms with Crippen molar-refractivity contribution in [1.29, 1.82) is 0 Å². The molecule has 0 bridgehead atoms. The summed E-state index contributed by atoms with van der Waals surface area (Å²) in [6.07, 6.45) is 0. The first-order valence-electron chi connectivity index (χ1n) is 8.44. The van der Waals surface area contributed by atoms with Crippen molar-refractivity contribution in [1.82, 2.24) is 4.98 Å². The highest BCUT2D eigenvalue weighted by Gasteiger charge is 2.15. The van der Waals surface area contributed by atoms with Crippen molar-refractivity contribution in [2.75, 3.05) is 32.0 Å². The topological polar surface area (TPSA) is 81.7 Å². The Balaban J connectivity index is 1.72. The first kappa shape index (κ1) is 19.5. The first-order valence-corrected chi connectivity index (χ1v) is 9.32. The van der Waals surface area contributed by atoms with Gasteiger partial charge in [-0.2, -0.15) is 0 Å². The third-order valence-electron chi connectivity index (χ3n) is 3.99. The van der Waals surface area contributed by atoms with E-state index in [1.807, 2.05) is 36.6 Å². The molecule has 2 N–H and O–H groups in total. The van der Waals surface area contributed by atoms with E-state index in [9.17, 15) is 4.79 Å². The quantitative estimate of drug-likeness (QED) is 0.623. The summed E-state index contributed by atoms with van der Waals surface area (Å²) < 4.78 is 15.9. The third-order valence-corrected chi connectivity index (χ3v) is 4.75. The molecule has 0 spiro atoms. The van der Waals surface area contributed by atoms with E-state index in [4.69, 9.17) is 14.2 Å². The summed E-state index contributed by atoms with van der Waals surface area (Å²) in [5.74, 6) is 1.36. The number of rotatable bonds is 6. The predicted molar refractivity (Wildman–Crippen MR) is 111 cm³/mol. The Bertz CT molecular complexity index is 945. The third kappa shape index (κ3) is 4.34. The molecule has 0 aliphatic heterocycles. The van der Waals surface area contributed by atoms with Crippen LogP contribution in [0.5, 0.6) is 17.2 Å². The fourth-order valence-electron chi connectivity index (χ4n) is 2.60. The minimum Gasteiger partial charge on any atom is -0.493 e. The molecule has 146 valence electrons. The molecule has 1 heterocycles. The van der Waals surface area contributed by atoms with Gasteiger partial charge >= 0.3 is 6.03 Å². The van der Waals surface area contributed by atoms with Gasteiger partial charge in [0.2, 0.25) is 5.75 Å². The molecule has 2 amide bonds. The molecule has 1 aromatic heterocycles. The van der Waals surface area contributed by atoms with Gasteiger partial charge in [-0.05, 0) is 6.92 Å². The number of carbonyl (C=O) groups excluding carboxylic acids is 1. The van der Waals surface area contributed by atoms with Crippen LogP contribution >= 0.6 is 11.3 Å². The van der Waals surface area contributed by atoms with Gasteiger partial charge in [0, 0.05) is 23.1 Å². The standard InChI is InChI=1S/C20H21N3O4S/c1-12-5-7-13(8-6-12)15-11-28-20(22-15)23-19(24)21-14-9-16(25-2)18(27-4)17(10-14)26-3/h5-11H,1-4H3,(H2,21,22,23,24). The van der Waals surface area contributed by atoms with Crippen molar-refractivity contribution in [3.63, 3.8) is 0 Å². The maximum Gasteiger partial charge on any atom is 0.325 e. The van der Waals surface area contributed by atoms with E-state index >= 15 is 0 Å². The predicted octanol–water partition coefficient (Wildman–Crippen LogP) is 4.79. The number of methoxy groups -OCH3 is 3. The Hall–Kier alpha value is -3.26. The van der Waals surface area contributed by atoms with Crippen LogP contribution < -0.4 is 24.8 Å². The van der Waals surface area contributed by atoms with Gasteiger partial charge in [-0.1, -0.05) is 29.8 Å². The molecule has 0 fully saturated rings. The molecule has 7 nitrogen and oxygen atoms in total. The van der Waals surface area contributed by atoms with Gasteiger partial charge in [0.25, 0.3) is 0 Å². The van der Waals surface area contributed by atoms with E-state index in [-0.39, 0.29) is 0 Å². The number of nitrogens with zero attached hydrogens (tertiary/aromatic N) is 1. The number of thiazole rings is 1. The maximum absolute atomic E-state index is 12.4. The second-order valence-corrected chi connectivity index (χ2v) is 6.76. The fraction of sp³-hybridized carbons (Fsp3) is 0.200. The summed E-state index contributed by atoms with van der Waals surface area (Å²) in [4.78, 5) is 16.8.